The minimum absolute atomic E-state index is 0.0286. The predicted octanol–water partition coefficient (Wildman–Crippen LogP) is 2.41. The zero-order valence-electron chi connectivity index (χ0n) is 16.9. The van der Waals surface area contributed by atoms with Crippen molar-refractivity contribution in [2.45, 2.75) is 58.4 Å². The van der Waals surface area contributed by atoms with E-state index >= 15 is 0 Å². The highest BCUT2D eigenvalue weighted by atomic mass is 16.8. The Morgan fingerprint density at radius 2 is 1.45 bits per heavy atom. The molecule has 0 spiro atoms. The molecule has 1 aromatic rings. The van der Waals surface area contributed by atoms with Gasteiger partial charge < -0.3 is 23.7 Å². The van der Waals surface area contributed by atoms with Crippen LogP contribution >= 0.6 is 0 Å². The van der Waals surface area contributed by atoms with Crippen LogP contribution < -0.4 is 0 Å². The molecule has 0 saturated carbocycles. The molecule has 29 heavy (non-hydrogen) atoms. The maximum atomic E-state index is 12.2. The third-order valence-electron chi connectivity index (χ3n) is 3.62. The Hall–Kier alpha value is -2.71. The van der Waals surface area contributed by atoms with Crippen LogP contribution in [0, 0.1) is 0 Å². The monoisotopic (exact) mass is 406 g/mol. The van der Waals surface area contributed by atoms with Crippen LogP contribution in [0.1, 0.15) is 38.1 Å². The van der Waals surface area contributed by atoms with Crippen molar-refractivity contribution in [1.82, 2.24) is 0 Å². The summed E-state index contributed by atoms with van der Waals surface area (Å²) in [6.07, 6.45) is -1.27. The Balaban J connectivity index is 1.94. The van der Waals surface area contributed by atoms with Crippen LogP contribution in [0.25, 0.3) is 0 Å². The number of hydrogen-bond acceptors (Lipinski definition) is 8. The fourth-order valence-corrected chi connectivity index (χ4v) is 2.46. The Morgan fingerprint density at radius 3 is 1.93 bits per heavy atom. The summed E-state index contributed by atoms with van der Waals surface area (Å²) in [5, 5.41) is 0. The highest BCUT2D eigenvalue weighted by molar-refractivity contribution is 5.89. The number of hydrogen-bond donors (Lipinski definition) is 0. The molecule has 0 aliphatic carbocycles. The Morgan fingerprint density at radius 1 is 0.931 bits per heavy atom. The van der Waals surface area contributed by atoms with Crippen molar-refractivity contribution in [2.75, 3.05) is 6.61 Å². The molecule has 158 valence electrons. The molecule has 1 fully saturated rings. The van der Waals surface area contributed by atoms with Gasteiger partial charge in [0.25, 0.3) is 0 Å². The quantitative estimate of drug-likeness (QED) is 0.369. The van der Waals surface area contributed by atoms with Crippen LogP contribution in [-0.2, 0) is 33.3 Å². The van der Waals surface area contributed by atoms with Gasteiger partial charge in [0.05, 0.1) is 17.8 Å². The molecule has 1 saturated heterocycles. The van der Waals surface area contributed by atoms with Crippen LogP contribution in [0.5, 0.6) is 0 Å². The molecule has 1 aliphatic heterocycles. The van der Waals surface area contributed by atoms with E-state index in [-0.39, 0.29) is 18.8 Å². The van der Waals surface area contributed by atoms with Gasteiger partial charge in [0.15, 0.2) is 18.5 Å². The van der Waals surface area contributed by atoms with Gasteiger partial charge in [-0.3, -0.25) is 0 Å². The van der Waals surface area contributed by atoms with E-state index in [1.165, 1.54) is 12.2 Å². The van der Waals surface area contributed by atoms with Crippen LogP contribution in [0.3, 0.4) is 0 Å². The summed E-state index contributed by atoms with van der Waals surface area (Å²) in [6.45, 7) is 6.72. The number of esters is 3. The van der Waals surface area contributed by atoms with Crippen molar-refractivity contribution in [2.24, 2.45) is 0 Å². The minimum atomic E-state index is -1.25. The SMILES string of the molecule is CC(C)OC(=O)C1OC(/C=C/COC(=O)c2ccccc2)OC1C(=O)OC(C)C. The Labute approximate surface area is 169 Å². The molecular weight excluding hydrogens is 380 g/mol. The normalized spacial score (nSPS) is 21.5. The first kappa shape index (κ1) is 22.6. The van der Waals surface area contributed by atoms with Crippen molar-refractivity contribution >= 4 is 17.9 Å². The molecular formula is C21H26O8. The average Bonchev–Trinajstić information content (AvgIpc) is 3.09. The van der Waals surface area contributed by atoms with Crippen molar-refractivity contribution < 1.29 is 38.1 Å². The lowest BCUT2D eigenvalue weighted by molar-refractivity contribution is -0.167. The molecule has 1 aromatic carbocycles. The molecule has 0 N–H and O–H groups in total. The lowest BCUT2D eigenvalue weighted by atomic mass is 10.2. The van der Waals surface area contributed by atoms with Crippen LogP contribution in [0.4, 0.5) is 0 Å². The summed E-state index contributed by atoms with van der Waals surface area (Å²) in [5.41, 5.74) is 0.433. The average molecular weight is 406 g/mol. The largest absolute Gasteiger partial charge is 0.461 e. The maximum absolute atomic E-state index is 12.2. The third-order valence-corrected chi connectivity index (χ3v) is 3.62. The van der Waals surface area contributed by atoms with Crippen LogP contribution in [-0.4, -0.2) is 55.2 Å². The van der Waals surface area contributed by atoms with Gasteiger partial charge in [-0.2, -0.15) is 0 Å². The smallest absolute Gasteiger partial charge is 0.339 e. The highest BCUT2D eigenvalue weighted by Gasteiger charge is 2.46. The summed E-state index contributed by atoms with van der Waals surface area (Å²) in [4.78, 5) is 36.4. The zero-order chi connectivity index (χ0) is 21.4. The van der Waals surface area contributed by atoms with E-state index < -0.39 is 36.4 Å². The van der Waals surface area contributed by atoms with Gasteiger partial charge in [0.1, 0.15) is 6.61 Å². The second-order valence-corrected chi connectivity index (χ2v) is 6.85. The van der Waals surface area contributed by atoms with Crippen LogP contribution in [0.15, 0.2) is 42.5 Å². The predicted molar refractivity (Wildman–Crippen MR) is 102 cm³/mol. The fraction of sp³-hybridized carbons (Fsp3) is 0.476. The number of carbonyl (C=O) groups excluding carboxylic acids is 3. The van der Waals surface area contributed by atoms with Crippen molar-refractivity contribution in [1.29, 1.82) is 0 Å². The molecule has 2 rings (SSSR count). The van der Waals surface area contributed by atoms with Gasteiger partial charge >= 0.3 is 17.9 Å². The van der Waals surface area contributed by atoms with Gasteiger partial charge in [-0.05, 0) is 52.0 Å². The second-order valence-electron chi connectivity index (χ2n) is 6.85. The standard InChI is InChI=1S/C21H26O8/c1-13(2)26-20(23)17-18(21(24)27-14(3)4)29-16(28-17)11-8-12-25-19(22)15-9-6-5-7-10-15/h5-11,13-14,16-18H,12H2,1-4H3/b11-8+. The molecule has 2 atom stereocenters. The van der Waals surface area contributed by atoms with E-state index in [1.54, 1.807) is 58.0 Å². The molecule has 8 heteroatoms. The third kappa shape index (κ3) is 6.99. The van der Waals surface area contributed by atoms with E-state index in [0.717, 1.165) is 0 Å². The first-order valence-electron chi connectivity index (χ1n) is 9.38. The van der Waals surface area contributed by atoms with Gasteiger partial charge in [-0.15, -0.1) is 0 Å². The van der Waals surface area contributed by atoms with E-state index in [1.807, 2.05) is 0 Å². The lowest BCUT2D eigenvalue weighted by Crippen LogP contribution is -2.40. The molecule has 2 unspecified atom stereocenters. The van der Waals surface area contributed by atoms with Crippen molar-refractivity contribution in [3.8, 4) is 0 Å². The van der Waals surface area contributed by atoms with E-state index in [9.17, 15) is 14.4 Å². The van der Waals surface area contributed by atoms with E-state index in [4.69, 9.17) is 23.7 Å². The number of benzene rings is 1. The second kappa shape index (κ2) is 10.7. The zero-order valence-corrected chi connectivity index (χ0v) is 16.9. The Bertz CT molecular complexity index is 695. The highest BCUT2D eigenvalue weighted by Crippen LogP contribution is 2.23. The number of rotatable bonds is 8. The first-order valence-corrected chi connectivity index (χ1v) is 9.38. The van der Waals surface area contributed by atoms with E-state index in [0.29, 0.717) is 5.56 Å². The summed E-state index contributed by atoms with van der Waals surface area (Å²) in [6, 6.07) is 8.56. The van der Waals surface area contributed by atoms with Crippen molar-refractivity contribution in [3.05, 3.63) is 48.0 Å². The molecule has 1 heterocycles. The summed E-state index contributed by atoms with van der Waals surface area (Å²) >= 11 is 0. The molecule has 1 aliphatic rings. The maximum Gasteiger partial charge on any atom is 0.339 e. The number of ether oxygens (including phenoxy) is 5. The van der Waals surface area contributed by atoms with Gasteiger partial charge in [0.2, 0.25) is 0 Å². The molecule has 0 amide bonds. The minimum Gasteiger partial charge on any atom is -0.461 e. The fourth-order valence-electron chi connectivity index (χ4n) is 2.46. The molecule has 0 aromatic heterocycles. The number of carbonyl (C=O) groups is 3. The first-order chi connectivity index (χ1) is 13.8. The lowest BCUT2D eigenvalue weighted by Gasteiger charge is -2.17. The van der Waals surface area contributed by atoms with Gasteiger partial charge in [-0.25, -0.2) is 14.4 Å². The molecule has 0 radical (unpaired) electrons. The molecule has 0 bridgehead atoms. The Kier molecular flexibility index (Phi) is 8.35. The van der Waals surface area contributed by atoms with Crippen LogP contribution in [0.2, 0.25) is 0 Å². The molecule has 8 nitrogen and oxygen atoms in total. The topological polar surface area (TPSA) is 97.4 Å². The van der Waals surface area contributed by atoms with Gasteiger partial charge in [-0.1, -0.05) is 18.2 Å². The van der Waals surface area contributed by atoms with E-state index in [2.05, 4.69) is 0 Å². The summed E-state index contributed by atoms with van der Waals surface area (Å²) < 4.78 is 26.4. The summed E-state index contributed by atoms with van der Waals surface area (Å²) in [5.74, 6) is -1.89. The van der Waals surface area contributed by atoms with Gasteiger partial charge in [0, 0.05) is 0 Å². The van der Waals surface area contributed by atoms with Crippen molar-refractivity contribution in [3.63, 3.8) is 0 Å². The summed E-state index contributed by atoms with van der Waals surface area (Å²) in [7, 11) is 0.